The summed E-state index contributed by atoms with van der Waals surface area (Å²) in [5.41, 5.74) is -0.235. The highest BCUT2D eigenvalue weighted by molar-refractivity contribution is 5.78. The molecule has 0 atom stereocenters. The second-order valence-electron chi connectivity index (χ2n) is 5.41. The van der Waals surface area contributed by atoms with Crippen molar-refractivity contribution >= 4 is 11.9 Å². The first-order valence-electron chi connectivity index (χ1n) is 6.62. The monoisotopic (exact) mass is 255 g/mol. The van der Waals surface area contributed by atoms with Gasteiger partial charge in [0.25, 0.3) is 0 Å². The summed E-state index contributed by atoms with van der Waals surface area (Å²) >= 11 is 0. The van der Waals surface area contributed by atoms with Gasteiger partial charge in [0, 0.05) is 20.2 Å². The molecule has 18 heavy (non-hydrogen) atoms. The lowest BCUT2D eigenvalue weighted by molar-refractivity contribution is -0.150. The van der Waals surface area contributed by atoms with Gasteiger partial charge in [-0.2, -0.15) is 0 Å². The predicted octanol–water partition coefficient (Wildman–Crippen LogP) is 1.27. The molecule has 0 unspecified atom stereocenters. The van der Waals surface area contributed by atoms with Gasteiger partial charge in [-0.1, -0.05) is 0 Å². The number of carboxylic acid groups (broad SMARTS) is 1. The molecule has 0 radical (unpaired) electrons. The third-order valence-corrected chi connectivity index (χ3v) is 4.37. The summed E-state index contributed by atoms with van der Waals surface area (Å²) in [7, 11) is 1.67. The molecule has 0 aromatic rings. The van der Waals surface area contributed by atoms with Crippen molar-refractivity contribution in [2.24, 2.45) is 5.92 Å². The van der Waals surface area contributed by atoms with Crippen LogP contribution in [-0.2, 0) is 14.3 Å². The number of hydrogen-bond acceptors (Lipinski definition) is 3. The molecule has 0 spiro atoms. The summed E-state index contributed by atoms with van der Waals surface area (Å²) in [5, 5.41) is 8.91. The van der Waals surface area contributed by atoms with Gasteiger partial charge in [0.2, 0.25) is 5.91 Å². The zero-order valence-corrected chi connectivity index (χ0v) is 10.9. The molecule has 1 heterocycles. The molecule has 2 fully saturated rings. The minimum atomic E-state index is -0.741. The number of carboxylic acids is 1. The molecule has 1 saturated heterocycles. The number of carbonyl (C=O) groups excluding carboxylic acids is 1. The van der Waals surface area contributed by atoms with Gasteiger partial charge in [0.05, 0.1) is 17.9 Å². The maximum Gasteiger partial charge on any atom is 0.306 e. The van der Waals surface area contributed by atoms with E-state index in [1.54, 1.807) is 12.0 Å². The third kappa shape index (κ3) is 2.66. The van der Waals surface area contributed by atoms with Crippen molar-refractivity contribution in [3.63, 3.8) is 0 Å². The van der Waals surface area contributed by atoms with Crippen LogP contribution in [0.25, 0.3) is 0 Å². The zero-order chi connectivity index (χ0) is 13.2. The number of amides is 1. The van der Waals surface area contributed by atoms with E-state index in [9.17, 15) is 9.59 Å². The molecule has 1 N–H and O–H groups in total. The number of ether oxygens (including phenoxy) is 1. The lowest BCUT2D eigenvalue weighted by atomic mass is 9.77. The second kappa shape index (κ2) is 5.26. The van der Waals surface area contributed by atoms with Crippen molar-refractivity contribution in [1.29, 1.82) is 0 Å². The van der Waals surface area contributed by atoms with Crippen LogP contribution in [0.3, 0.4) is 0 Å². The number of methoxy groups -OCH3 is 1. The summed E-state index contributed by atoms with van der Waals surface area (Å²) in [6.45, 7) is 1.13. The standard InChI is InChI=1S/C13H21NO4/c1-18-13(5-2-6-13)9-11(15)14-7-3-10(4-8-14)12(16)17/h10H,2-9H2,1H3,(H,16,17). The quantitative estimate of drug-likeness (QED) is 0.821. The number of rotatable bonds is 4. The topological polar surface area (TPSA) is 66.8 Å². The van der Waals surface area contributed by atoms with Crippen molar-refractivity contribution < 1.29 is 19.4 Å². The lowest BCUT2D eigenvalue weighted by Crippen LogP contribution is -2.47. The summed E-state index contributed by atoms with van der Waals surface area (Å²) in [6, 6.07) is 0. The van der Waals surface area contributed by atoms with E-state index in [-0.39, 0.29) is 17.4 Å². The highest BCUT2D eigenvalue weighted by Crippen LogP contribution is 2.38. The Hall–Kier alpha value is -1.10. The summed E-state index contributed by atoms with van der Waals surface area (Å²) < 4.78 is 5.45. The molecular weight excluding hydrogens is 234 g/mol. The lowest BCUT2D eigenvalue weighted by Gasteiger charge is -2.41. The molecule has 0 bridgehead atoms. The maximum atomic E-state index is 12.1. The Bertz CT molecular complexity index is 324. The van der Waals surface area contributed by atoms with Crippen LogP contribution in [0, 0.1) is 5.92 Å². The van der Waals surface area contributed by atoms with Gasteiger partial charge in [-0.15, -0.1) is 0 Å². The SMILES string of the molecule is COC1(CC(=O)N2CCC(C(=O)O)CC2)CCC1. The first-order valence-corrected chi connectivity index (χ1v) is 6.62. The average molecular weight is 255 g/mol. The van der Waals surface area contributed by atoms with Crippen LogP contribution in [0.2, 0.25) is 0 Å². The first-order chi connectivity index (χ1) is 8.56. The van der Waals surface area contributed by atoms with Crippen molar-refractivity contribution in [2.45, 2.75) is 44.1 Å². The van der Waals surface area contributed by atoms with Crippen molar-refractivity contribution in [3.05, 3.63) is 0 Å². The first kappa shape index (κ1) is 13.3. The molecule has 1 aliphatic heterocycles. The second-order valence-corrected chi connectivity index (χ2v) is 5.41. The number of hydrogen-bond donors (Lipinski definition) is 1. The molecule has 1 saturated carbocycles. The third-order valence-electron chi connectivity index (χ3n) is 4.37. The van der Waals surface area contributed by atoms with Crippen molar-refractivity contribution in [3.8, 4) is 0 Å². The molecule has 1 aliphatic carbocycles. The fraction of sp³-hybridized carbons (Fsp3) is 0.846. The van der Waals surface area contributed by atoms with E-state index in [4.69, 9.17) is 9.84 Å². The van der Waals surface area contributed by atoms with Crippen LogP contribution in [0.15, 0.2) is 0 Å². The number of carbonyl (C=O) groups is 2. The molecule has 2 aliphatic rings. The van der Waals surface area contributed by atoms with E-state index in [0.29, 0.717) is 32.4 Å². The van der Waals surface area contributed by atoms with Crippen LogP contribution in [-0.4, -0.2) is 47.7 Å². The van der Waals surface area contributed by atoms with Crippen LogP contribution in [0.1, 0.15) is 38.5 Å². The van der Waals surface area contributed by atoms with E-state index >= 15 is 0 Å². The molecule has 102 valence electrons. The van der Waals surface area contributed by atoms with Gasteiger partial charge in [-0.25, -0.2) is 0 Å². The van der Waals surface area contributed by atoms with Crippen molar-refractivity contribution in [2.75, 3.05) is 20.2 Å². The van der Waals surface area contributed by atoms with E-state index < -0.39 is 5.97 Å². The highest BCUT2D eigenvalue weighted by atomic mass is 16.5. The van der Waals surface area contributed by atoms with Gasteiger partial charge in [-0.3, -0.25) is 9.59 Å². The fourth-order valence-electron chi connectivity index (χ4n) is 2.79. The van der Waals surface area contributed by atoms with E-state index in [2.05, 4.69) is 0 Å². The van der Waals surface area contributed by atoms with Crippen LogP contribution in [0.5, 0.6) is 0 Å². The smallest absolute Gasteiger partial charge is 0.306 e. The molecule has 5 heteroatoms. The number of likely N-dealkylation sites (tertiary alicyclic amines) is 1. The Morgan fingerprint density at radius 1 is 1.33 bits per heavy atom. The molecule has 2 rings (SSSR count). The van der Waals surface area contributed by atoms with Crippen LogP contribution in [0.4, 0.5) is 0 Å². The highest BCUT2D eigenvalue weighted by Gasteiger charge is 2.40. The van der Waals surface area contributed by atoms with E-state index in [1.165, 1.54) is 0 Å². The van der Waals surface area contributed by atoms with Gasteiger partial charge in [-0.05, 0) is 32.1 Å². The Morgan fingerprint density at radius 2 is 1.94 bits per heavy atom. The molecular formula is C13H21NO4. The van der Waals surface area contributed by atoms with Crippen LogP contribution < -0.4 is 0 Å². The Labute approximate surface area is 107 Å². The zero-order valence-electron chi connectivity index (χ0n) is 10.9. The minimum Gasteiger partial charge on any atom is -0.481 e. The predicted molar refractivity (Wildman–Crippen MR) is 65.1 cm³/mol. The van der Waals surface area contributed by atoms with Gasteiger partial charge in [0.15, 0.2) is 0 Å². The van der Waals surface area contributed by atoms with Gasteiger partial charge in [0.1, 0.15) is 0 Å². The summed E-state index contributed by atoms with van der Waals surface area (Å²) in [6.07, 6.45) is 4.63. The molecule has 0 aromatic heterocycles. The van der Waals surface area contributed by atoms with E-state index in [0.717, 1.165) is 19.3 Å². The normalized spacial score (nSPS) is 23.5. The summed E-state index contributed by atoms with van der Waals surface area (Å²) in [4.78, 5) is 24.8. The molecule has 0 aromatic carbocycles. The Kier molecular flexibility index (Phi) is 3.90. The molecule has 5 nitrogen and oxygen atoms in total. The maximum absolute atomic E-state index is 12.1. The van der Waals surface area contributed by atoms with Gasteiger partial charge >= 0.3 is 5.97 Å². The van der Waals surface area contributed by atoms with Gasteiger partial charge < -0.3 is 14.7 Å². The minimum absolute atomic E-state index is 0.111. The Balaban J connectivity index is 1.82. The number of piperidine rings is 1. The summed E-state index contributed by atoms with van der Waals surface area (Å²) in [5.74, 6) is -0.913. The largest absolute Gasteiger partial charge is 0.481 e. The van der Waals surface area contributed by atoms with Crippen LogP contribution >= 0.6 is 0 Å². The molecule has 1 amide bonds. The Morgan fingerprint density at radius 3 is 2.33 bits per heavy atom. The van der Waals surface area contributed by atoms with E-state index in [1.807, 2.05) is 0 Å². The number of aliphatic carboxylic acids is 1. The number of nitrogens with zero attached hydrogens (tertiary/aromatic N) is 1. The van der Waals surface area contributed by atoms with Crippen molar-refractivity contribution in [1.82, 2.24) is 4.90 Å². The average Bonchev–Trinajstić information content (AvgIpc) is 2.33. The fourth-order valence-corrected chi connectivity index (χ4v) is 2.79.